The van der Waals surface area contributed by atoms with E-state index in [4.69, 9.17) is 9.15 Å². The Morgan fingerprint density at radius 3 is 2.61 bits per heavy atom. The number of furan rings is 1. The Balaban J connectivity index is 1.94. The number of hydrazine groups is 1. The average molecular weight is 336 g/mol. The van der Waals surface area contributed by atoms with Gasteiger partial charge in [-0.3, -0.25) is 10.2 Å². The van der Waals surface area contributed by atoms with Crippen molar-refractivity contribution in [2.45, 2.75) is 11.8 Å². The number of rotatable bonds is 7. The van der Waals surface area contributed by atoms with Gasteiger partial charge in [-0.2, -0.15) is 0 Å². The fraction of sp³-hybridized carbons (Fsp3) is 0.133. The lowest BCUT2D eigenvalue weighted by atomic mass is 10.3. The Hall–Kier alpha value is -2.58. The summed E-state index contributed by atoms with van der Waals surface area (Å²) in [7, 11) is -3.85. The molecule has 2 aromatic rings. The largest absolute Gasteiger partial charge is 0.494 e. The minimum absolute atomic E-state index is 0.0104. The highest BCUT2D eigenvalue weighted by molar-refractivity contribution is 7.89. The van der Waals surface area contributed by atoms with E-state index in [1.807, 2.05) is 11.8 Å². The lowest BCUT2D eigenvalue weighted by molar-refractivity contribution is -0.116. The van der Waals surface area contributed by atoms with Gasteiger partial charge in [0.15, 0.2) is 0 Å². The van der Waals surface area contributed by atoms with Crippen LogP contribution in [0.25, 0.3) is 6.08 Å². The van der Waals surface area contributed by atoms with Crippen LogP contribution in [0.2, 0.25) is 0 Å². The molecule has 0 radical (unpaired) electrons. The van der Waals surface area contributed by atoms with Crippen molar-refractivity contribution >= 4 is 22.0 Å². The van der Waals surface area contributed by atoms with Crippen LogP contribution in [0, 0.1) is 0 Å². The van der Waals surface area contributed by atoms with E-state index in [-0.39, 0.29) is 4.90 Å². The van der Waals surface area contributed by atoms with Crippen LogP contribution in [-0.4, -0.2) is 20.9 Å². The summed E-state index contributed by atoms with van der Waals surface area (Å²) in [5.41, 5.74) is 2.09. The lowest BCUT2D eigenvalue weighted by Gasteiger charge is -2.08. The van der Waals surface area contributed by atoms with Crippen molar-refractivity contribution in [3.8, 4) is 5.75 Å². The highest BCUT2D eigenvalue weighted by Gasteiger charge is 2.14. The molecule has 0 atom stereocenters. The summed E-state index contributed by atoms with van der Waals surface area (Å²) in [5, 5.41) is 0. The first-order chi connectivity index (χ1) is 11.0. The van der Waals surface area contributed by atoms with Crippen LogP contribution in [0.15, 0.2) is 58.1 Å². The first-order valence-electron chi connectivity index (χ1n) is 6.77. The molecule has 0 bridgehead atoms. The molecule has 0 saturated carbocycles. The SMILES string of the molecule is CCOc1ccc(S(=O)(=O)NNC(=O)/C=C/c2ccco2)cc1. The third kappa shape index (κ3) is 4.97. The van der Waals surface area contributed by atoms with Crippen molar-refractivity contribution in [3.63, 3.8) is 0 Å². The van der Waals surface area contributed by atoms with Crippen molar-refractivity contribution < 1.29 is 22.4 Å². The molecule has 2 N–H and O–H groups in total. The van der Waals surface area contributed by atoms with Gasteiger partial charge in [0.1, 0.15) is 11.5 Å². The second-order valence-corrected chi connectivity index (χ2v) is 6.03. The molecule has 2 rings (SSSR count). The standard InChI is InChI=1S/C15H16N2O5S/c1-2-21-13-5-8-14(9-6-13)23(19,20)17-16-15(18)10-7-12-4-3-11-22-12/h3-11,17H,2H2,1H3,(H,16,18)/b10-7+. The maximum atomic E-state index is 12.0. The van der Waals surface area contributed by atoms with E-state index in [0.717, 1.165) is 6.08 Å². The smallest absolute Gasteiger partial charge is 0.259 e. The Kier molecular flexibility index (Phi) is 5.56. The lowest BCUT2D eigenvalue weighted by Crippen LogP contribution is -2.40. The van der Waals surface area contributed by atoms with Gasteiger partial charge in [-0.15, -0.1) is 4.83 Å². The summed E-state index contributed by atoms with van der Waals surface area (Å²) in [6.07, 6.45) is 4.03. The molecular weight excluding hydrogens is 320 g/mol. The molecule has 1 aromatic carbocycles. The normalized spacial score (nSPS) is 11.5. The second kappa shape index (κ2) is 7.61. The van der Waals surface area contributed by atoms with Gasteiger partial charge in [0, 0.05) is 6.08 Å². The number of hydrogen-bond donors (Lipinski definition) is 2. The predicted molar refractivity (Wildman–Crippen MR) is 83.8 cm³/mol. The maximum absolute atomic E-state index is 12.0. The second-order valence-electron chi connectivity index (χ2n) is 4.35. The summed E-state index contributed by atoms with van der Waals surface area (Å²) in [6.45, 7) is 2.32. The van der Waals surface area contributed by atoms with Crippen LogP contribution < -0.4 is 15.0 Å². The molecule has 1 aromatic heterocycles. The van der Waals surface area contributed by atoms with Gasteiger partial charge in [-0.05, 0) is 49.4 Å². The first-order valence-corrected chi connectivity index (χ1v) is 8.26. The Morgan fingerprint density at radius 1 is 1.26 bits per heavy atom. The molecule has 0 aliphatic carbocycles. The van der Waals surface area contributed by atoms with Crippen LogP contribution >= 0.6 is 0 Å². The van der Waals surface area contributed by atoms with E-state index >= 15 is 0 Å². The van der Waals surface area contributed by atoms with Gasteiger partial charge in [-0.25, -0.2) is 8.42 Å². The summed E-state index contributed by atoms with van der Waals surface area (Å²) < 4.78 is 34.3. The minimum Gasteiger partial charge on any atom is -0.494 e. The van der Waals surface area contributed by atoms with Gasteiger partial charge in [0.25, 0.3) is 15.9 Å². The predicted octanol–water partition coefficient (Wildman–Crippen LogP) is 1.70. The number of carbonyl (C=O) groups excluding carboxylic acids is 1. The number of ether oxygens (including phenoxy) is 1. The monoisotopic (exact) mass is 336 g/mol. The fourth-order valence-electron chi connectivity index (χ4n) is 1.64. The molecule has 0 unspecified atom stereocenters. The zero-order valence-electron chi connectivity index (χ0n) is 12.4. The summed E-state index contributed by atoms with van der Waals surface area (Å²) in [6, 6.07) is 9.18. The van der Waals surface area contributed by atoms with Crippen molar-refractivity contribution in [3.05, 3.63) is 54.5 Å². The summed E-state index contributed by atoms with van der Waals surface area (Å²) in [5.74, 6) is 0.419. The van der Waals surface area contributed by atoms with Crippen molar-refractivity contribution in [1.82, 2.24) is 10.3 Å². The molecule has 1 heterocycles. The zero-order valence-corrected chi connectivity index (χ0v) is 13.2. The van der Waals surface area contributed by atoms with E-state index in [9.17, 15) is 13.2 Å². The van der Waals surface area contributed by atoms with E-state index in [0.29, 0.717) is 18.1 Å². The minimum atomic E-state index is -3.85. The van der Waals surface area contributed by atoms with Crippen LogP contribution in [0.4, 0.5) is 0 Å². The average Bonchev–Trinajstić information content (AvgIpc) is 3.05. The number of amides is 1. The van der Waals surface area contributed by atoms with Crippen molar-refractivity contribution in [2.75, 3.05) is 6.61 Å². The van der Waals surface area contributed by atoms with E-state index in [1.54, 1.807) is 12.1 Å². The van der Waals surface area contributed by atoms with Gasteiger partial charge < -0.3 is 9.15 Å². The third-order valence-corrected chi connectivity index (χ3v) is 3.96. The van der Waals surface area contributed by atoms with Crippen molar-refractivity contribution in [1.29, 1.82) is 0 Å². The van der Waals surface area contributed by atoms with E-state index in [2.05, 4.69) is 5.43 Å². The Morgan fingerprint density at radius 2 is 2.00 bits per heavy atom. The molecule has 122 valence electrons. The highest BCUT2D eigenvalue weighted by Crippen LogP contribution is 2.15. The molecule has 0 aliphatic heterocycles. The molecule has 0 aliphatic rings. The molecular formula is C15H16N2O5S. The highest BCUT2D eigenvalue weighted by atomic mass is 32.2. The summed E-state index contributed by atoms with van der Waals surface area (Å²) in [4.78, 5) is 13.6. The molecule has 7 nitrogen and oxygen atoms in total. The van der Waals surface area contributed by atoms with E-state index in [1.165, 1.54) is 36.6 Å². The molecule has 23 heavy (non-hydrogen) atoms. The molecule has 0 fully saturated rings. The number of benzene rings is 1. The number of carbonyl (C=O) groups is 1. The number of sulfonamides is 1. The summed E-state index contributed by atoms with van der Waals surface area (Å²) >= 11 is 0. The van der Waals surface area contributed by atoms with Gasteiger partial charge in [0.05, 0.1) is 17.8 Å². The molecule has 1 amide bonds. The maximum Gasteiger partial charge on any atom is 0.259 e. The van der Waals surface area contributed by atoms with Crippen LogP contribution in [0.1, 0.15) is 12.7 Å². The Bertz CT molecular complexity index is 765. The van der Waals surface area contributed by atoms with Gasteiger partial charge in [0.2, 0.25) is 0 Å². The van der Waals surface area contributed by atoms with Crippen molar-refractivity contribution in [2.24, 2.45) is 0 Å². The molecule has 0 spiro atoms. The van der Waals surface area contributed by atoms with Gasteiger partial charge in [-0.1, -0.05) is 0 Å². The Labute approximate surface area is 134 Å². The zero-order chi connectivity index (χ0) is 16.7. The van der Waals surface area contributed by atoms with Gasteiger partial charge >= 0.3 is 0 Å². The first kappa shape index (κ1) is 16.8. The number of nitrogens with one attached hydrogen (secondary N) is 2. The third-order valence-electron chi connectivity index (χ3n) is 2.70. The molecule has 8 heteroatoms. The topological polar surface area (TPSA) is 97.6 Å². The number of hydrogen-bond acceptors (Lipinski definition) is 5. The quantitative estimate of drug-likeness (QED) is 0.592. The van der Waals surface area contributed by atoms with E-state index < -0.39 is 15.9 Å². The van der Waals surface area contributed by atoms with Crippen LogP contribution in [0.3, 0.4) is 0 Å². The van der Waals surface area contributed by atoms with Crippen LogP contribution in [-0.2, 0) is 14.8 Å². The molecule has 0 saturated heterocycles. The van der Waals surface area contributed by atoms with Crippen LogP contribution in [0.5, 0.6) is 5.75 Å². The fourth-order valence-corrected chi connectivity index (χ4v) is 2.49.